The van der Waals surface area contributed by atoms with Crippen molar-refractivity contribution < 1.29 is 4.39 Å². The first-order valence-electron chi connectivity index (χ1n) is 5.19. The molecule has 0 unspecified atom stereocenters. The summed E-state index contributed by atoms with van der Waals surface area (Å²) in [5, 5.41) is 0. The van der Waals surface area contributed by atoms with Gasteiger partial charge in [0, 0.05) is 30.4 Å². The molecule has 0 N–H and O–H groups in total. The van der Waals surface area contributed by atoms with Gasteiger partial charge in [0.1, 0.15) is 5.82 Å². The molecule has 3 heteroatoms. The molecule has 0 atom stereocenters. The van der Waals surface area contributed by atoms with Crippen LogP contribution in [0.1, 0.15) is 18.1 Å². The van der Waals surface area contributed by atoms with Crippen molar-refractivity contribution in [3.8, 4) is 0 Å². The van der Waals surface area contributed by atoms with Gasteiger partial charge in [-0.05, 0) is 37.1 Å². The molecule has 0 amide bonds. The van der Waals surface area contributed by atoms with E-state index in [9.17, 15) is 4.39 Å². The fraction of sp³-hybridized carbons (Fsp3) is 0.231. The van der Waals surface area contributed by atoms with E-state index in [1.807, 2.05) is 24.5 Å². The van der Waals surface area contributed by atoms with Crippen molar-refractivity contribution in [1.29, 1.82) is 0 Å². The average Bonchev–Trinajstić information content (AvgIpc) is 2.35. The lowest BCUT2D eigenvalue weighted by molar-refractivity contribution is 0.616. The number of halogens is 1. The summed E-state index contributed by atoms with van der Waals surface area (Å²) < 4.78 is 12.3. The summed E-state index contributed by atoms with van der Waals surface area (Å²) >= 11 is 0. The third kappa shape index (κ3) is 4.17. The van der Waals surface area contributed by atoms with Crippen LogP contribution in [-0.2, 0) is 6.42 Å². The molecule has 2 aromatic heterocycles. The first-order chi connectivity index (χ1) is 7.74. The maximum Gasteiger partial charge on any atom is 0.129 e. The number of aromatic nitrogens is 2. The molecule has 0 aliphatic rings. The monoisotopic (exact) mass is 218 g/mol. The fourth-order valence-electron chi connectivity index (χ4n) is 1.07. The number of hydrogen-bond donors (Lipinski definition) is 0. The van der Waals surface area contributed by atoms with Crippen LogP contribution in [0.5, 0.6) is 0 Å². The van der Waals surface area contributed by atoms with Gasteiger partial charge in [0.15, 0.2) is 0 Å². The fourth-order valence-corrected chi connectivity index (χ4v) is 1.07. The van der Waals surface area contributed by atoms with E-state index in [1.54, 1.807) is 6.92 Å². The Kier molecular flexibility index (Phi) is 5.12. The molecule has 0 aliphatic carbocycles. The molecule has 0 aromatic carbocycles. The molecule has 0 fully saturated rings. The third-order valence-electron chi connectivity index (χ3n) is 2.11. The zero-order valence-corrected chi connectivity index (χ0v) is 9.52. The molecular formula is C13H15FN2. The predicted molar refractivity (Wildman–Crippen MR) is 62.5 cm³/mol. The van der Waals surface area contributed by atoms with E-state index < -0.39 is 0 Å². The molecule has 2 rings (SSSR count). The molecule has 0 spiro atoms. The smallest absolute Gasteiger partial charge is 0.129 e. The molecule has 0 bridgehead atoms. The van der Waals surface area contributed by atoms with E-state index in [0.717, 1.165) is 6.42 Å². The van der Waals surface area contributed by atoms with Crippen LogP contribution in [-0.4, -0.2) is 9.97 Å². The zero-order chi connectivity index (χ0) is 11.8. The van der Waals surface area contributed by atoms with Gasteiger partial charge in [0.25, 0.3) is 0 Å². The van der Waals surface area contributed by atoms with Crippen LogP contribution in [0.2, 0.25) is 0 Å². The van der Waals surface area contributed by atoms with Gasteiger partial charge < -0.3 is 0 Å². The van der Waals surface area contributed by atoms with E-state index in [-0.39, 0.29) is 5.82 Å². The maximum absolute atomic E-state index is 12.3. The Labute approximate surface area is 95.2 Å². The molecule has 16 heavy (non-hydrogen) atoms. The SMILES string of the molecule is CCc1ccncc1.Cc1cnccc1F. The van der Waals surface area contributed by atoms with Crippen molar-refractivity contribution in [3.63, 3.8) is 0 Å². The van der Waals surface area contributed by atoms with Crippen molar-refractivity contribution >= 4 is 0 Å². The Morgan fingerprint density at radius 3 is 2.06 bits per heavy atom. The topological polar surface area (TPSA) is 25.8 Å². The summed E-state index contributed by atoms with van der Waals surface area (Å²) in [6, 6.07) is 5.40. The summed E-state index contributed by atoms with van der Waals surface area (Å²) in [5.41, 5.74) is 1.94. The number of aryl methyl sites for hydroxylation is 2. The molecule has 0 aliphatic heterocycles. The van der Waals surface area contributed by atoms with E-state index in [0.29, 0.717) is 5.56 Å². The standard InChI is InChI=1S/C7H9N.C6H6FN/c1-2-7-3-5-8-6-4-7;1-5-4-8-3-2-6(5)7/h3-6H,2H2,1H3;2-4H,1H3. The van der Waals surface area contributed by atoms with Crippen LogP contribution < -0.4 is 0 Å². The van der Waals surface area contributed by atoms with Crippen molar-refractivity contribution in [1.82, 2.24) is 9.97 Å². The van der Waals surface area contributed by atoms with Crippen molar-refractivity contribution in [2.24, 2.45) is 0 Å². The van der Waals surface area contributed by atoms with Crippen LogP contribution in [0.4, 0.5) is 4.39 Å². The molecule has 0 saturated heterocycles. The predicted octanol–water partition coefficient (Wildman–Crippen LogP) is 3.17. The normalized spacial score (nSPS) is 9.19. The summed E-state index contributed by atoms with van der Waals surface area (Å²) in [6.07, 6.45) is 7.66. The molecular weight excluding hydrogens is 203 g/mol. The Morgan fingerprint density at radius 1 is 1.06 bits per heavy atom. The third-order valence-corrected chi connectivity index (χ3v) is 2.11. The Balaban J connectivity index is 0.000000160. The quantitative estimate of drug-likeness (QED) is 0.734. The summed E-state index contributed by atoms with van der Waals surface area (Å²) in [7, 11) is 0. The van der Waals surface area contributed by atoms with Gasteiger partial charge in [-0.3, -0.25) is 9.97 Å². The second kappa shape index (κ2) is 6.67. The van der Waals surface area contributed by atoms with Crippen LogP contribution in [0.15, 0.2) is 43.0 Å². The van der Waals surface area contributed by atoms with E-state index in [1.165, 1.54) is 24.0 Å². The van der Waals surface area contributed by atoms with Gasteiger partial charge in [0.05, 0.1) is 0 Å². The summed E-state index contributed by atoms with van der Waals surface area (Å²) in [5.74, 6) is -0.194. The van der Waals surface area contributed by atoms with Crippen LogP contribution in [0.25, 0.3) is 0 Å². The highest BCUT2D eigenvalue weighted by molar-refractivity contribution is 5.08. The Bertz CT molecular complexity index is 394. The minimum Gasteiger partial charge on any atom is -0.265 e. The number of rotatable bonds is 1. The molecule has 2 aromatic rings. The van der Waals surface area contributed by atoms with Gasteiger partial charge in [-0.15, -0.1) is 0 Å². The Hall–Kier alpha value is -1.77. The second-order valence-corrected chi connectivity index (χ2v) is 3.33. The number of hydrogen-bond acceptors (Lipinski definition) is 2. The van der Waals surface area contributed by atoms with Crippen molar-refractivity contribution in [3.05, 3.63) is 59.9 Å². The molecule has 84 valence electrons. The highest BCUT2D eigenvalue weighted by Crippen LogP contribution is 1.99. The lowest BCUT2D eigenvalue weighted by atomic mass is 10.2. The number of pyridine rings is 2. The summed E-state index contributed by atoms with van der Waals surface area (Å²) in [4.78, 5) is 7.60. The highest BCUT2D eigenvalue weighted by Gasteiger charge is 1.89. The minimum atomic E-state index is -0.194. The van der Waals surface area contributed by atoms with E-state index in [2.05, 4.69) is 16.9 Å². The lowest BCUT2D eigenvalue weighted by Crippen LogP contribution is -1.80. The van der Waals surface area contributed by atoms with Gasteiger partial charge in [0.2, 0.25) is 0 Å². The van der Waals surface area contributed by atoms with E-state index in [4.69, 9.17) is 0 Å². The van der Waals surface area contributed by atoms with Gasteiger partial charge in [-0.25, -0.2) is 4.39 Å². The second-order valence-electron chi connectivity index (χ2n) is 3.33. The molecule has 0 radical (unpaired) electrons. The first kappa shape index (κ1) is 12.3. The van der Waals surface area contributed by atoms with Crippen molar-refractivity contribution in [2.75, 3.05) is 0 Å². The van der Waals surface area contributed by atoms with Crippen LogP contribution in [0.3, 0.4) is 0 Å². The summed E-state index contributed by atoms with van der Waals surface area (Å²) in [6.45, 7) is 3.82. The van der Waals surface area contributed by atoms with Gasteiger partial charge in [-0.2, -0.15) is 0 Å². The van der Waals surface area contributed by atoms with Crippen LogP contribution in [0, 0.1) is 12.7 Å². The zero-order valence-electron chi connectivity index (χ0n) is 9.52. The molecule has 2 heterocycles. The minimum absolute atomic E-state index is 0.194. The van der Waals surface area contributed by atoms with Gasteiger partial charge in [-0.1, -0.05) is 6.92 Å². The average molecular weight is 218 g/mol. The maximum atomic E-state index is 12.3. The highest BCUT2D eigenvalue weighted by atomic mass is 19.1. The molecule has 2 nitrogen and oxygen atoms in total. The van der Waals surface area contributed by atoms with Crippen LogP contribution >= 0.6 is 0 Å². The lowest BCUT2D eigenvalue weighted by Gasteiger charge is -1.89. The van der Waals surface area contributed by atoms with Crippen molar-refractivity contribution in [2.45, 2.75) is 20.3 Å². The van der Waals surface area contributed by atoms with E-state index >= 15 is 0 Å². The Morgan fingerprint density at radius 2 is 1.69 bits per heavy atom. The van der Waals surface area contributed by atoms with Gasteiger partial charge >= 0.3 is 0 Å². The first-order valence-corrected chi connectivity index (χ1v) is 5.19. The largest absolute Gasteiger partial charge is 0.265 e. The number of nitrogens with zero attached hydrogens (tertiary/aromatic N) is 2. The molecule has 0 saturated carbocycles.